The minimum atomic E-state index is 0.131. The summed E-state index contributed by atoms with van der Waals surface area (Å²) in [6.07, 6.45) is 8.85. The summed E-state index contributed by atoms with van der Waals surface area (Å²) in [7, 11) is 1.66. The van der Waals surface area contributed by atoms with E-state index in [2.05, 4.69) is 11.1 Å². The fourth-order valence-electron chi connectivity index (χ4n) is 3.83. The second-order valence-corrected chi connectivity index (χ2v) is 6.75. The van der Waals surface area contributed by atoms with E-state index in [-0.39, 0.29) is 11.9 Å². The van der Waals surface area contributed by atoms with Crippen molar-refractivity contribution in [1.82, 2.24) is 14.5 Å². The molecule has 0 bridgehead atoms. The van der Waals surface area contributed by atoms with Crippen LogP contribution in [0.15, 0.2) is 55.0 Å². The summed E-state index contributed by atoms with van der Waals surface area (Å²) in [5.41, 5.74) is 2.18. The summed E-state index contributed by atoms with van der Waals surface area (Å²) >= 11 is 0. The lowest BCUT2D eigenvalue weighted by molar-refractivity contribution is -0.135. The van der Waals surface area contributed by atoms with Crippen LogP contribution in [0.3, 0.4) is 0 Å². The Labute approximate surface area is 153 Å². The van der Waals surface area contributed by atoms with Gasteiger partial charge in [-0.05, 0) is 55.2 Å². The molecule has 5 heteroatoms. The number of piperidine rings is 1. The zero-order chi connectivity index (χ0) is 17.9. The molecule has 4 rings (SSSR count). The molecule has 0 N–H and O–H groups in total. The number of benzene rings is 1. The van der Waals surface area contributed by atoms with Gasteiger partial charge in [-0.15, -0.1) is 0 Å². The fourth-order valence-corrected chi connectivity index (χ4v) is 3.83. The highest BCUT2D eigenvalue weighted by Crippen LogP contribution is 2.31. The Kier molecular flexibility index (Phi) is 4.61. The summed E-state index contributed by atoms with van der Waals surface area (Å²) in [4.78, 5) is 19.3. The van der Waals surface area contributed by atoms with Crippen molar-refractivity contribution in [1.29, 1.82) is 0 Å². The maximum Gasteiger partial charge on any atom is 0.243 e. The predicted molar refractivity (Wildman–Crippen MR) is 101 cm³/mol. The number of hydrogen-bond donors (Lipinski definition) is 0. The Morgan fingerprint density at radius 3 is 3.00 bits per heavy atom. The average molecular weight is 349 g/mol. The molecule has 1 atom stereocenters. The number of methoxy groups -OCH3 is 1. The molecule has 1 aliphatic rings. The van der Waals surface area contributed by atoms with Gasteiger partial charge in [0, 0.05) is 36.0 Å². The highest BCUT2D eigenvalue weighted by atomic mass is 16.5. The number of ether oxygens (including phenoxy) is 1. The quantitative estimate of drug-likeness (QED) is 0.720. The van der Waals surface area contributed by atoms with E-state index in [9.17, 15) is 4.79 Å². The van der Waals surface area contributed by atoms with E-state index in [4.69, 9.17) is 4.74 Å². The Hall–Kier alpha value is -2.82. The third-order valence-electron chi connectivity index (χ3n) is 5.18. The van der Waals surface area contributed by atoms with Crippen LogP contribution in [0.25, 0.3) is 10.9 Å². The van der Waals surface area contributed by atoms with E-state index in [0.29, 0.717) is 6.54 Å². The third-order valence-corrected chi connectivity index (χ3v) is 5.18. The van der Waals surface area contributed by atoms with Crippen molar-refractivity contribution in [3.8, 4) is 5.75 Å². The van der Waals surface area contributed by atoms with Crippen LogP contribution >= 0.6 is 0 Å². The van der Waals surface area contributed by atoms with Gasteiger partial charge in [0.2, 0.25) is 5.91 Å². The van der Waals surface area contributed by atoms with E-state index < -0.39 is 0 Å². The van der Waals surface area contributed by atoms with Gasteiger partial charge in [0.05, 0.1) is 13.2 Å². The Balaban J connectivity index is 1.57. The van der Waals surface area contributed by atoms with Gasteiger partial charge >= 0.3 is 0 Å². The molecule has 26 heavy (non-hydrogen) atoms. The van der Waals surface area contributed by atoms with Gasteiger partial charge in [-0.2, -0.15) is 0 Å². The Morgan fingerprint density at radius 1 is 1.27 bits per heavy atom. The van der Waals surface area contributed by atoms with Crippen molar-refractivity contribution in [2.45, 2.75) is 31.8 Å². The van der Waals surface area contributed by atoms with E-state index in [1.165, 1.54) is 0 Å². The van der Waals surface area contributed by atoms with Gasteiger partial charge < -0.3 is 14.2 Å². The minimum Gasteiger partial charge on any atom is -0.497 e. The number of hydrogen-bond acceptors (Lipinski definition) is 3. The first-order valence-electron chi connectivity index (χ1n) is 9.08. The lowest BCUT2D eigenvalue weighted by Gasteiger charge is -2.36. The molecule has 0 radical (unpaired) electrons. The standard InChI is InChI=1S/C21H23N3O2/c1-26-18-7-8-19-16(13-18)9-12-23(19)15-21(25)24-11-3-2-6-20(24)17-5-4-10-22-14-17/h4-5,7-10,12-14,20H,2-3,6,11,15H2,1H3/t20-/m1/s1. The van der Waals surface area contributed by atoms with Gasteiger partial charge in [0.15, 0.2) is 0 Å². The molecule has 1 saturated heterocycles. The van der Waals surface area contributed by atoms with Crippen molar-refractivity contribution in [3.63, 3.8) is 0 Å². The molecule has 5 nitrogen and oxygen atoms in total. The van der Waals surface area contributed by atoms with E-state index in [1.54, 1.807) is 13.3 Å². The largest absolute Gasteiger partial charge is 0.497 e. The average Bonchev–Trinajstić information content (AvgIpc) is 3.10. The summed E-state index contributed by atoms with van der Waals surface area (Å²) in [6.45, 7) is 1.16. The van der Waals surface area contributed by atoms with Crippen LogP contribution in [-0.4, -0.2) is 34.0 Å². The number of carbonyl (C=O) groups excluding carboxylic acids is 1. The molecule has 1 aliphatic heterocycles. The van der Waals surface area contributed by atoms with Crippen molar-refractivity contribution >= 4 is 16.8 Å². The first-order valence-corrected chi connectivity index (χ1v) is 9.08. The molecule has 3 heterocycles. The molecule has 1 fully saturated rings. The van der Waals surface area contributed by atoms with Crippen LogP contribution in [0.2, 0.25) is 0 Å². The molecule has 0 spiro atoms. The van der Waals surface area contributed by atoms with Crippen LogP contribution in [0.4, 0.5) is 0 Å². The van der Waals surface area contributed by atoms with Crippen LogP contribution in [0, 0.1) is 0 Å². The number of amides is 1. The highest BCUT2D eigenvalue weighted by molar-refractivity contribution is 5.84. The summed E-state index contributed by atoms with van der Waals surface area (Å²) < 4.78 is 7.30. The summed E-state index contributed by atoms with van der Waals surface area (Å²) in [5.74, 6) is 0.987. The lowest BCUT2D eigenvalue weighted by atomic mass is 9.96. The van der Waals surface area contributed by atoms with Gasteiger partial charge in [-0.3, -0.25) is 9.78 Å². The lowest BCUT2D eigenvalue weighted by Crippen LogP contribution is -2.40. The van der Waals surface area contributed by atoms with Gasteiger partial charge in [0.1, 0.15) is 12.3 Å². The second kappa shape index (κ2) is 7.20. The summed E-state index contributed by atoms with van der Waals surface area (Å²) in [5, 5.41) is 1.08. The highest BCUT2D eigenvalue weighted by Gasteiger charge is 2.28. The second-order valence-electron chi connectivity index (χ2n) is 6.75. The van der Waals surface area contributed by atoms with E-state index >= 15 is 0 Å². The van der Waals surface area contributed by atoms with E-state index in [0.717, 1.165) is 48.0 Å². The molecular formula is C21H23N3O2. The number of rotatable bonds is 4. The fraction of sp³-hybridized carbons (Fsp3) is 0.333. The van der Waals surface area contributed by atoms with Crippen LogP contribution in [0.5, 0.6) is 5.75 Å². The SMILES string of the molecule is COc1ccc2c(ccn2CC(=O)N2CCCC[C@@H]2c2cccnc2)c1. The number of pyridine rings is 1. The Bertz CT molecular complexity index is 904. The monoisotopic (exact) mass is 349 g/mol. The molecule has 0 aliphatic carbocycles. The van der Waals surface area contributed by atoms with Gasteiger partial charge in [-0.25, -0.2) is 0 Å². The zero-order valence-electron chi connectivity index (χ0n) is 15.0. The molecule has 1 aromatic carbocycles. The normalized spacial score (nSPS) is 17.4. The first-order chi connectivity index (χ1) is 12.8. The molecule has 3 aromatic rings. The molecule has 1 amide bonds. The number of aromatic nitrogens is 2. The maximum atomic E-state index is 13.1. The Morgan fingerprint density at radius 2 is 2.19 bits per heavy atom. The van der Waals surface area contributed by atoms with E-state index in [1.807, 2.05) is 52.2 Å². The van der Waals surface area contributed by atoms with Gasteiger partial charge in [-0.1, -0.05) is 6.07 Å². The van der Waals surface area contributed by atoms with Crippen molar-refractivity contribution in [2.75, 3.05) is 13.7 Å². The minimum absolute atomic E-state index is 0.131. The van der Waals surface area contributed by atoms with Crippen molar-refractivity contribution in [2.24, 2.45) is 0 Å². The van der Waals surface area contributed by atoms with Crippen LogP contribution < -0.4 is 4.74 Å². The van der Waals surface area contributed by atoms with Crippen molar-refractivity contribution in [3.05, 3.63) is 60.6 Å². The molecule has 0 saturated carbocycles. The number of carbonyl (C=O) groups is 1. The summed E-state index contributed by atoms with van der Waals surface area (Å²) in [6, 6.07) is 12.1. The topological polar surface area (TPSA) is 47.4 Å². The van der Waals surface area contributed by atoms with Crippen LogP contribution in [-0.2, 0) is 11.3 Å². The third kappa shape index (κ3) is 3.17. The number of nitrogens with zero attached hydrogens (tertiary/aromatic N) is 3. The zero-order valence-corrected chi connectivity index (χ0v) is 15.0. The smallest absolute Gasteiger partial charge is 0.243 e. The van der Waals surface area contributed by atoms with Gasteiger partial charge in [0.25, 0.3) is 0 Å². The number of fused-ring (bicyclic) bond motifs is 1. The van der Waals surface area contributed by atoms with Crippen molar-refractivity contribution < 1.29 is 9.53 Å². The predicted octanol–water partition coefficient (Wildman–Crippen LogP) is 3.80. The first kappa shape index (κ1) is 16.6. The molecule has 0 unspecified atom stereocenters. The number of likely N-dealkylation sites (tertiary alicyclic amines) is 1. The molecular weight excluding hydrogens is 326 g/mol. The van der Waals surface area contributed by atoms with Crippen LogP contribution in [0.1, 0.15) is 30.9 Å². The molecule has 134 valence electrons. The maximum absolute atomic E-state index is 13.1. The molecule has 2 aromatic heterocycles.